The number of hydrogen-bond acceptors (Lipinski definition) is 2. The molecule has 0 amide bonds. The summed E-state index contributed by atoms with van der Waals surface area (Å²) in [6.07, 6.45) is 14.1. The Morgan fingerprint density at radius 2 is 1.33 bits per heavy atom. The largest absolute Gasteiger partial charge is 0.483 e. The lowest BCUT2D eigenvalue weighted by Crippen LogP contribution is -2.15. The van der Waals surface area contributed by atoms with E-state index in [1.807, 2.05) is 6.08 Å². The van der Waals surface area contributed by atoms with Gasteiger partial charge in [-0.3, -0.25) is 0 Å². The highest BCUT2D eigenvalue weighted by molar-refractivity contribution is 6.50. The highest BCUT2D eigenvalue weighted by Crippen LogP contribution is 2.17. The third-order valence-corrected chi connectivity index (χ3v) is 3.16. The van der Waals surface area contributed by atoms with Crippen LogP contribution in [0.4, 0.5) is 0 Å². The van der Waals surface area contributed by atoms with E-state index in [2.05, 4.69) is 0 Å². The first-order chi connectivity index (χ1) is 7.30. The lowest BCUT2D eigenvalue weighted by Gasteiger charge is -2.08. The molecular weight excluding hydrogens is 187 g/mol. The van der Waals surface area contributed by atoms with Crippen LogP contribution in [0.25, 0.3) is 0 Å². The van der Waals surface area contributed by atoms with Crippen LogP contribution in [0.3, 0.4) is 0 Å². The molecule has 86 valence electrons. The van der Waals surface area contributed by atoms with E-state index in [0.29, 0.717) is 0 Å². The Labute approximate surface area is 93.5 Å². The van der Waals surface area contributed by atoms with Crippen molar-refractivity contribution in [3.63, 3.8) is 0 Å². The van der Waals surface area contributed by atoms with Crippen molar-refractivity contribution in [3.05, 3.63) is 11.5 Å². The van der Waals surface area contributed by atoms with E-state index in [1.54, 1.807) is 0 Å². The van der Waals surface area contributed by atoms with Crippen molar-refractivity contribution in [2.75, 3.05) is 0 Å². The van der Waals surface area contributed by atoms with Crippen LogP contribution < -0.4 is 0 Å². The Balaban J connectivity index is 2.38. The molecule has 0 radical (unpaired) electrons. The molecule has 0 bridgehead atoms. The molecule has 1 aliphatic carbocycles. The van der Waals surface area contributed by atoms with Gasteiger partial charge in [-0.2, -0.15) is 0 Å². The van der Waals surface area contributed by atoms with Crippen molar-refractivity contribution < 1.29 is 10.0 Å². The van der Waals surface area contributed by atoms with Crippen LogP contribution in [0.2, 0.25) is 0 Å². The van der Waals surface area contributed by atoms with Gasteiger partial charge in [0.05, 0.1) is 0 Å². The number of allylic oxidation sites excluding steroid dienone is 2. The summed E-state index contributed by atoms with van der Waals surface area (Å²) >= 11 is 0. The molecule has 3 heteroatoms. The quantitative estimate of drug-likeness (QED) is 0.653. The first kappa shape index (κ1) is 12.8. The summed E-state index contributed by atoms with van der Waals surface area (Å²) in [4.78, 5) is 0. The minimum atomic E-state index is -1.23. The van der Waals surface area contributed by atoms with Crippen LogP contribution in [0.15, 0.2) is 11.5 Å². The molecule has 2 N–H and O–H groups in total. The van der Waals surface area contributed by atoms with Crippen LogP contribution in [-0.2, 0) is 0 Å². The minimum absolute atomic E-state index is 0.829. The molecule has 0 aliphatic heterocycles. The zero-order valence-corrected chi connectivity index (χ0v) is 9.62. The Bertz CT molecular complexity index is 190. The summed E-state index contributed by atoms with van der Waals surface area (Å²) < 4.78 is 0. The topological polar surface area (TPSA) is 40.5 Å². The van der Waals surface area contributed by atoms with Crippen molar-refractivity contribution in [2.24, 2.45) is 0 Å². The van der Waals surface area contributed by atoms with Crippen LogP contribution in [0.5, 0.6) is 0 Å². The second-order valence-electron chi connectivity index (χ2n) is 4.52. The molecule has 0 atom stereocenters. The lowest BCUT2D eigenvalue weighted by atomic mass is 9.75. The summed E-state index contributed by atoms with van der Waals surface area (Å²) in [5, 5.41) is 18.3. The second kappa shape index (κ2) is 7.94. The van der Waals surface area contributed by atoms with E-state index in [0.717, 1.165) is 24.7 Å². The van der Waals surface area contributed by atoms with Crippen molar-refractivity contribution in [2.45, 2.75) is 64.2 Å². The Morgan fingerprint density at radius 3 is 1.93 bits per heavy atom. The molecule has 0 saturated carbocycles. The zero-order valence-electron chi connectivity index (χ0n) is 9.62. The minimum Gasteiger partial charge on any atom is -0.423 e. The standard InChI is InChI=1S/C12H23BO2/c14-13(15)12-10-8-6-4-2-1-3-5-7-9-11-12/h10,14-15H,1-9,11H2. The normalized spacial score (nSPS) is 21.1. The molecule has 1 rings (SSSR count). The van der Waals surface area contributed by atoms with Crippen LogP contribution in [-0.4, -0.2) is 17.2 Å². The van der Waals surface area contributed by atoms with Gasteiger partial charge in [0.25, 0.3) is 0 Å². The maximum absolute atomic E-state index is 9.17. The van der Waals surface area contributed by atoms with E-state index >= 15 is 0 Å². The van der Waals surface area contributed by atoms with Gasteiger partial charge in [-0.15, -0.1) is 0 Å². The van der Waals surface area contributed by atoms with E-state index in [1.165, 1.54) is 44.9 Å². The predicted molar refractivity (Wildman–Crippen MR) is 64.4 cm³/mol. The van der Waals surface area contributed by atoms with Gasteiger partial charge < -0.3 is 10.0 Å². The van der Waals surface area contributed by atoms with Crippen LogP contribution in [0, 0.1) is 0 Å². The predicted octanol–water partition coefficient (Wildman–Crippen LogP) is 2.84. The van der Waals surface area contributed by atoms with Gasteiger partial charge in [0, 0.05) is 0 Å². The summed E-state index contributed by atoms with van der Waals surface area (Å²) in [6, 6.07) is 0. The average Bonchev–Trinajstić information content (AvgIpc) is 2.18. The fourth-order valence-corrected chi connectivity index (χ4v) is 2.16. The van der Waals surface area contributed by atoms with Crippen molar-refractivity contribution >= 4 is 7.12 Å². The molecular formula is C12H23BO2. The number of rotatable bonds is 1. The summed E-state index contributed by atoms with van der Waals surface area (Å²) in [5.74, 6) is 0. The van der Waals surface area contributed by atoms with E-state index < -0.39 is 7.12 Å². The molecule has 0 unspecified atom stereocenters. The molecule has 0 heterocycles. The molecule has 0 spiro atoms. The molecule has 2 nitrogen and oxygen atoms in total. The van der Waals surface area contributed by atoms with Crippen molar-refractivity contribution in [1.29, 1.82) is 0 Å². The Kier molecular flexibility index (Phi) is 6.78. The third kappa shape index (κ3) is 6.01. The van der Waals surface area contributed by atoms with Gasteiger partial charge in [0.1, 0.15) is 0 Å². The lowest BCUT2D eigenvalue weighted by molar-refractivity contribution is 0.414. The Hall–Kier alpha value is -0.275. The monoisotopic (exact) mass is 210 g/mol. The first-order valence-electron chi connectivity index (χ1n) is 6.36. The van der Waals surface area contributed by atoms with Crippen LogP contribution in [0.1, 0.15) is 64.2 Å². The highest BCUT2D eigenvalue weighted by atomic mass is 16.4. The highest BCUT2D eigenvalue weighted by Gasteiger charge is 2.13. The zero-order chi connectivity index (χ0) is 10.9. The smallest absolute Gasteiger partial charge is 0.423 e. The molecule has 0 fully saturated rings. The van der Waals surface area contributed by atoms with Gasteiger partial charge in [-0.05, 0) is 24.7 Å². The molecule has 0 aromatic rings. The summed E-state index contributed by atoms with van der Waals surface area (Å²) in [6.45, 7) is 0. The molecule has 0 aromatic carbocycles. The first-order valence-corrected chi connectivity index (χ1v) is 6.36. The fraction of sp³-hybridized carbons (Fsp3) is 0.833. The van der Waals surface area contributed by atoms with E-state index in [4.69, 9.17) is 10.0 Å². The van der Waals surface area contributed by atoms with Crippen molar-refractivity contribution in [1.82, 2.24) is 0 Å². The van der Waals surface area contributed by atoms with E-state index in [-0.39, 0.29) is 0 Å². The average molecular weight is 210 g/mol. The Morgan fingerprint density at radius 1 is 0.800 bits per heavy atom. The third-order valence-electron chi connectivity index (χ3n) is 3.16. The van der Waals surface area contributed by atoms with Gasteiger partial charge >= 0.3 is 7.12 Å². The molecule has 0 aromatic heterocycles. The SMILES string of the molecule is OB(O)C1=CCCCCCCCCCC1. The fourth-order valence-electron chi connectivity index (χ4n) is 2.16. The van der Waals surface area contributed by atoms with Gasteiger partial charge in [0.15, 0.2) is 0 Å². The molecule has 15 heavy (non-hydrogen) atoms. The van der Waals surface area contributed by atoms with Crippen LogP contribution >= 0.6 is 0 Å². The number of hydrogen-bond donors (Lipinski definition) is 2. The van der Waals surface area contributed by atoms with Gasteiger partial charge in [-0.1, -0.05) is 51.0 Å². The summed E-state index contributed by atoms with van der Waals surface area (Å²) in [7, 11) is -1.23. The maximum Gasteiger partial charge on any atom is 0.483 e. The molecule has 1 aliphatic rings. The van der Waals surface area contributed by atoms with Crippen molar-refractivity contribution in [3.8, 4) is 0 Å². The van der Waals surface area contributed by atoms with Gasteiger partial charge in [0.2, 0.25) is 0 Å². The second-order valence-corrected chi connectivity index (χ2v) is 4.52. The van der Waals surface area contributed by atoms with Gasteiger partial charge in [-0.25, -0.2) is 0 Å². The maximum atomic E-state index is 9.17. The molecule has 0 saturated heterocycles. The van der Waals surface area contributed by atoms with E-state index in [9.17, 15) is 0 Å². The summed E-state index contributed by atoms with van der Waals surface area (Å²) in [5.41, 5.74) is 0.829.